The second kappa shape index (κ2) is 7.84. The SMILES string of the molecule is CN(C)C(N)=O.O=C(O)CCC(=O)O. The van der Waals surface area contributed by atoms with E-state index in [9.17, 15) is 14.4 Å². The van der Waals surface area contributed by atoms with Gasteiger partial charge in [-0.3, -0.25) is 9.59 Å². The number of amides is 2. The van der Waals surface area contributed by atoms with Crippen molar-refractivity contribution >= 4 is 18.0 Å². The van der Waals surface area contributed by atoms with Gasteiger partial charge in [-0.1, -0.05) is 0 Å². The fourth-order valence-electron chi connectivity index (χ4n) is 0.214. The van der Waals surface area contributed by atoms with Gasteiger partial charge in [-0.25, -0.2) is 4.79 Å². The van der Waals surface area contributed by atoms with E-state index in [-0.39, 0.29) is 12.8 Å². The molecule has 0 aliphatic rings. The summed E-state index contributed by atoms with van der Waals surface area (Å²) in [7, 11) is 3.20. The lowest BCUT2D eigenvalue weighted by Crippen LogP contribution is -2.27. The van der Waals surface area contributed by atoms with Gasteiger partial charge < -0.3 is 20.8 Å². The van der Waals surface area contributed by atoms with Crippen molar-refractivity contribution in [1.29, 1.82) is 0 Å². The van der Waals surface area contributed by atoms with Gasteiger partial charge in [0, 0.05) is 14.1 Å². The summed E-state index contributed by atoms with van der Waals surface area (Å²) in [5, 5.41) is 15.8. The molecule has 0 radical (unpaired) electrons. The van der Waals surface area contributed by atoms with E-state index in [1.807, 2.05) is 0 Å². The predicted octanol–water partition coefficient (Wildman–Crippen LogP) is -0.437. The van der Waals surface area contributed by atoms with Crippen molar-refractivity contribution in [3.05, 3.63) is 0 Å². The first kappa shape index (κ1) is 14.7. The zero-order valence-corrected chi connectivity index (χ0v) is 8.06. The summed E-state index contributed by atoms with van der Waals surface area (Å²) in [5.74, 6) is -2.15. The van der Waals surface area contributed by atoms with Gasteiger partial charge in [0.25, 0.3) is 0 Å². The molecular weight excluding hydrogens is 192 g/mol. The molecule has 7 heteroatoms. The highest BCUT2D eigenvalue weighted by molar-refractivity contribution is 5.75. The average Bonchev–Trinajstić information content (AvgIpc) is 2.01. The van der Waals surface area contributed by atoms with Gasteiger partial charge in [0.15, 0.2) is 0 Å². The van der Waals surface area contributed by atoms with E-state index in [1.54, 1.807) is 14.1 Å². The highest BCUT2D eigenvalue weighted by Gasteiger charge is 2.00. The van der Waals surface area contributed by atoms with E-state index in [2.05, 4.69) is 0 Å². The van der Waals surface area contributed by atoms with E-state index >= 15 is 0 Å². The van der Waals surface area contributed by atoms with Crippen LogP contribution in [-0.4, -0.2) is 47.2 Å². The number of hydrogen-bond acceptors (Lipinski definition) is 3. The highest BCUT2D eigenvalue weighted by atomic mass is 16.4. The van der Waals surface area contributed by atoms with Crippen LogP contribution in [0.2, 0.25) is 0 Å². The summed E-state index contributed by atoms with van der Waals surface area (Å²) in [6, 6.07) is -0.407. The lowest BCUT2D eigenvalue weighted by molar-refractivity contribution is -0.143. The van der Waals surface area contributed by atoms with Crippen LogP contribution >= 0.6 is 0 Å². The number of primary amides is 1. The van der Waals surface area contributed by atoms with Crippen LogP contribution in [0.25, 0.3) is 0 Å². The molecule has 0 spiro atoms. The first-order valence-electron chi connectivity index (χ1n) is 3.67. The van der Waals surface area contributed by atoms with Crippen molar-refractivity contribution < 1.29 is 24.6 Å². The quantitative estimate of drug-likeness (QED) is 0.578. The number of carboxylic acid groups (broad SMARTS) is 2. The van der Waals surface area contributed by atoms with Crippen LogP contribution in [0, 0.1) is 0 Å². The molecule has 0 rings (SSSR count). The lowest BCUT2D eigenvalue weighted by atomic mass is 10.3. The van der Waals surface area contributed by atoms with Crippen LogP contribution in [0.3, 0.4) is 0 Å². The van der Waals surface area contributed by atoms with Gasteiger partial charge in [-0.05, 0) is 0 Å². The fraction of sp³-hybridized carbons (Fsp3) is 0.571. The lowest BCUT2D eigenvalue weighted by Gasteiger charge is -2.01. The molecule has 0 aromatic carbocycles. The Labute approximate surface area is 81.1 Å². The van der Waals surface area contributed by atoms with Crippen molar-refractivity contribution in [1.82, 2.24) is 4.90 Å². The molecule has 0 fully saturated rings. The predicted molar refractivity (Wildman–Crippen MR) is 47.8 cm³/mol. The number of nitrogens with zero attached hydrogens (tertiary/aromatic N) is 1. The number of aliphatic carboxylic acids is 2. The topological polar surface area (TPSA) is 121 Å². The molecule has 0 saturated heterocycles. The molecule has 0 atom stereocenters. The minimum Gasteiger partial charge on any atom is -0.481 e. The molecule has 2 amide bonds. The molecule has 14 heavy (non-hydrogen) atoms. The second-order valence-corrected chi connectivity index (χ2v) is 2.52. The Kier molecular flexibility index (Phi) is 8.24. The third kappa shape index (κ3) is 16.7. The van der Waals surface area contributed by atoms with Gasteiger partial charge in [0.2, 0.25) is 0 Å². The Morgan fingerprint density at radius 2 is 1.29 bits per heavy atom. The van der Waals surface area contributed by atoms with E-state index in [4.69, 9.17) is 15.9 Å². The molecule has 0 heterocycles. The van der Waals surface area contributed by atoms with Crippen LogP contribution in [0.5, 0.6) is 0 Å². The second-order valence-electron chi connectivity index (χ2n) is 2.52. The van der Waals surface area contributed by atoms with Crippen molar-refractivity contribution in [2.24, 2.45) is 5.73 Å². The smallest absolute Gasteiger partial charge is 0.314 e. The number of nitrogens with two attached hydrogens (primary N) is 1. The van der Waals surface area contributed by atoms with Gasteiger partial charge in [-0.2, -0.15) is 0 Å². The van der Waals surface area contributed by atoms with Gasteiger partial charge in [0.1, 0.15) is 0 Å². The minimum atomic E-state index is -1.08. The number of carboxylic acids is 2. The maximum atomic E-state index is 9.85. The van der Waals surface area contributed by atoms with Crippen LogP contribution < -0.4 is 5.73 Å². The van der Waals surface area contributed by atoms with Gasteiger partial charge in [0.05, 0.1) is 12.8 Å². The van der Waals surface area contributed by atoms with Crippen LogP contribution in [0.1, 0.15) is 12.8 Å². The van der Waals surface area contributed by atoms with E-state index in [0.717, 1.165) is 0 Å². The molecule has 0 aliphatic carbocycles. The molecule has 0 bridgehead atoms. The van der Waals surface area contributed by atoms with Crippen LogP contribution in [-0.2, 0) is 9.59 Å². The molecule has 7 nitrogen and oxygen atoms in total. The largest absolute Gasteiger partial charge is 0.481 e. The number of carbonyl (C=O) groups is 3. The number of rotatable bonds is 3. The van der Waals surface area contributed by atoms with Crippen molar-refractivity contribution in [3.63, 3.8) is 0 Å². The number of carbonyl (C=O) groups excluding carboxylic acids is 1. The first-order chi connectivity index (χ1) is 6.27. The Balaban J connectivity index is 0. The number of urea groups is 1. The molecule has 0 aromatic heterocycles. The maximum Gasteiger partial charge on any atom is 0.314 e. The van der Waals surface area contributed by atoms with Crippen LogP contribution in [0.15, 0.2) is 0 Å². The van der Waals surface area contributed by atoms with E-state index in [1.165, 1.54) is 4.90 Å². The third-order valence-electron chi connectivity index (χ3n) is 0.994. The first-order valence-corrected chi connectivity index (χ1v) is 3.67. The highest BCUT2D eigenvalue weighted by Crippen LogP contribution is 1.86. The summed E-state index contributed by atoms with van der Waals surface area (Å²) >= 11 is 0. The Morgan fingerprint density at radius 1 is 1.07 bits per heavy atom. The van der Waals surface area contributed by atoms with Crippen molar-refractivity contribution in [2.45, 2.75) is 12.8 Å². The summed E-state index contributed by atoms with van der Waals surface area (Å²) in [6.45, 7) is 0. The third-order valence-corrected chi connectivity index (χ3v) is 0.994. The Morgan fingerprint density at radius 3 is 1.36 bits per heavy atom. The molecule has 0 aliphatic heterocycles. The van der Waals surface area contributed by atoms with E-state index < -0.39 is 18.0 Å². The zero-order valence-electron chi connectivity index (χ0n) is 8.06. The standard InChI is InChI=1S/C4H6O4.C3H8N2O/c5-3(6)1-2-4(7)8;1-5(2)3(4)6/h1-2H2,(H,5,6)(H,7,8);1-2H3,(H2,4,6). The molecule has 0 saturated carbocycles. The van der Waals surface area contributed by atoms with Crippen molar-refractivity contribution in [3.8, 4) is 0 Å². The summed E-state index contributed by atoms with van der Waals surface area (Å²) in [4.78, 5) is 30.4. The van der Waals surface area contributed by atoms with Crippen LogP contribution in [0.4, 0.5) is 4.79 Å². The molecule has 0 aromatic rings. The van der Waals surface area contributed by atoms with Gasteiger partial charge in [-0.15, -0.1) is 0 Å². The monoisotopic (exact) mass is 206 g/mol. The summed E-state index contributed by atoms with van der Waals surface area (Å²) < 4.78 is 0. The fourth-order valence-corrected chi connectivity index (χ4v) is 0.214. The number of hydrogen-bond donors (Lipinski definition) is 3. The molecular formula is C7H14N2O5. The maximum absolute atomic E-state index is 9.85. The van der Waals surface area contributed by atoms with Gasteiger partial charge >= 0.3 is 18.0 Å². The zero-order chi connectivity index (χ0) is 11.7. The van der Waals surface area contributed by atoms with E-state index in [0.29, 0.717) is 0 Å². The summed E-state index contributed by atoms with van der Waals surface area (Å²) in [5.41, 5.74) is 4.72. The Hall–Kier alpha value is -1.79. The normalized spacial score (nSPS) is 8.14. The molecule has 0 unspecified atom stereocenters. The Bertz CT molecular complexity index is 200. The summed E-state index contributed by atoms with van der Waals surface area (Å²) in [6.07, 6.45) is -0.593. The molecule has 82 valence electrons. The van der Waals surface area contributed by atoms with Crippen molar-refractivity contribution in [2.75, 3.05) is 14.1 Å². The average molecular weight is 206 g/mol. The molecule has 4 N–H and O–H groups in total. The minimum absolute atomic E-state index is 0.296.